The van der Waals surface area contributed by atoms with E-state index in [0.29, 0.717) is 30.3 Å². The molecule has 0 bridgehead atoms. The first-order chi connectivity index (χ1) is 15.2. The Labute approximate surface area is 202 Å². The summed E-state index contributed by atoms with van der Waals surface area (Å²) in [5.74, 6) is 0.399. The van der Waals surface area contributed by atoms with Gasteiger partial charge in [0.15, 0.2) is 17.2 Å². The summed E-state index contributed by atoms with van der Waals surface area (Å²) in [5.41, 5.74) is 1.53. The summed E-state index contributed by atoms with van der Waals surface area (Å²) < 4.78 is 17.5. The predicted molar refractivity (Wildman–Crippen MR) is 129 cm³/mol. The highest BCUT2D eigenvalue weighted by Gasteiger charge is 2.26. The van der Waals surface area contributed by atoms with Crippen LogP contribution in [0.25, 0.3) is 6.08 Å². The summed E-state index contributed by atoms with van der Waals surface area (Å²) in [6, 6.07) is 7.61. The van der Waals surface area contributed by atoms with Gasteiger partial charge >= 0.3 is 5.97 Å². The van der Waals surface area contributed by atoms with Gasteiger partial charge in [-0.3, -0.25) is 10.1 Å². The number of nitro benzene ring substituents is 1. The molecule has 0 saturated carbocycles. The topological polar surface area (TPSA) is 100 Å². The number of carbonyl (C=O) groups is 1. The van der Waals surface area contributed by atoms with Crippen LogP contribution in [-0.4, -0.2) is 30.0 Å². The van der Waals surface area contributed by atoms with Gasteiger partial charge in [0.1, 0.15) is 11.6 Å². The van der Waals surface area contributed by atoms with E-state index in [-0.39, 0.29) is 27.9 Å². The molecule has 0 saturated heterocycles. The maximum absolute atomic E-state index is 12.4. The Kier molecular flexibility index (Phi) is 7.52. The number of hydrogen-bond donors (Lipinski definition) is 0. The fraction of sp³-hybridized carbons (Fsp3) is 0.182. The van der Waals surface area contributed by atoms with E-state index in [9.17, 15) is 14.9 Å². The third-order valence-electron chi connectivity index (χ3n) is 4.11. The number of aliphatic imine (C=N–C) groups is 1. The van der Waals surface area contributed by atoms with E-state index in [2.05, 4.69) is 34.2 Å². The maximum Gasteiger partial charge on any atom is 0.363 e. The number of benzene rings is 2. The lowest BCUT2D eigenvalue weighted by molar-refractivity contribution is -0.384. The Morgan fingerprint density at radius 1 is 1.34 bits per heavy atom. The molecule has 8 nitrogen and oxygen atoms in total. The number of nitrogens with zero attached hydrogens (tertiary/aromatic N) is 2. The van der Waals surface area contributed by atoms with Crippen LogP contribution in [0.4, 0.5) is 5.69 Å². The molecule has 2 aromatic carbocycles. The van der Waals surface area contributed by atoms with Crippen molar-refractivity contribution in [1.29, 1.82) is 0 Å². The van der Waals surface area contributed by atoms with Gasteiger partial charge in [-0.25, -0.2) is 9.79 Å². The lowest BCUT2D eigenvalue weighted by Crippen LogP contribution is -2.06. The van der Waals surface area contributed by atoms with Crippen molar-refractivity contribution in [2.24, 2.45) is 4.99 Å². The molecule has 2 aromatic rings. The number of rotatable bonds is 8. The molecule has 166 valence electrons. The molecule has 1 aliphatic heterocycles. The number of esters is 1. The first-order valence-electron chi connectivity index (χ1n) is 9.40. The van der Waals surface area contributed by atoms with E-state index in [0.717, 1.165) is 9.14 Å². The molecular formula is C22H18ClIN2O6. The molecule has 1 aliphatic rings. The number of halogens is 2. The Hall–Kier alpha value is -2.92. The Balaban J connectivity index is 1.96. The van der Waals surface area contributed by atoms with Gasteiger partial charge in [-0.15, -0.1) is 0 Å². The lowest BCUT2D eigenvalue weighted by atomic mass is 10.1. The molecule has 0 radical (unpaired) electrons. The van der Waals surface area contributed by atoms with Gasteiger partial charge in [-0.05, 0) is 77.9 Å². The summed E-state index contributed by atoms with van der Waals surface area (Å²) in [6.45, 7) is 8.34. The second-order valence-electron chi connectivity index (χ2n) is 6.77. The molecule has 3 rings (SSSR count). The molecule has 0 aliphatic carbocycles. The Morgan fingerprint density at radius 2 is 2.09 bits per heavy atom. The van der Waals surface area contributed by atoms with Crippen LogP contribution in [-0.2, 0) is 9.53 Å². The molecule has 1 heterocycles. The van der Waals surface area contributed by atoms with Gasteiger partial charge in [0.05, 0.1) is 15.1 Å². The summed E-state index contributed by atoms with van der Waals surface area (Å²) in [7, 11) is 0. The molecule has 32 heavy (non-hydrogen) atoms. The zero-order chi connectivity index (χ0) is 23.4. The SMILES string of the molecule is C=C(C)COc1c(I)cc(/C=C2\N=C(c3ccc(Cl)c([N+](=O)[O-])c3)OC2=O)cc1OCC. The Bertz CT molecular complexity index is 1180. The molecular weight excluding hydrogens is 551 g/mol. The lowest BCUT2D eigenvalue weighted by Gasteiger charge is -2.14. The molecule has 0 fully saturated rings. The molecule has 0 atom stereocenters. The minimum Gasteiger partial charge on any atom is -0.490 e. The van der Waals surface area contributed by atoms with Gasteiger partial charge in [-0.1, -0.05) is 18.2 Å². The van der Waals surface area contributed by atoms with Gasteiger partial charge < -0.3 is 14.2 Å². The third-order valence-corrected chi connectivity index (χ3v) is 5.23. The van der Waals surface area contributed by atoms with E-state index in [1.54, 1.807) is 12.1 Å². The monoisotopic (exact) mass is 568 g/mol. The van der Waals surface area contributed by atoms with E-state index in [1.807, 2.05) is 19.9 Å². The van der Waals surface area contributed by atoms with Crippen molar-refractivity contribution in [3.8, 4) is 11.5 Å². The molecule has 0 amide bonds. The number of cyclic esters (lactones) is 1. The minimum absolute atomic E-state index is 0.0218. The van der Waals surface area contributed by atoms with E-state index >= 15 is 0 Å². The van der Waals surface area contributed by atoms with Crippen molar-refractivity contribution in [2.75, 3.05) is 13.2 Å². The summed E-state index contributed by atoms with van der Waals surface area (Å²) in [6.07, 6.45) is 1.55. The van der Waals surface area contributed by atoms with Gasteiger partial charge in [0, 0.05) is 11.6 Å². The van der Waals surface area contributed by atoms with Crippen molar-refractivity contribution in [3.63, 3.8) is 0 Å². The highest BCUT2D eigenvalue weighted by Crippen LogP contribution is 2.36. The second-order valence-corrected chi connectivity index (χ2v) is 8.34. The van der Waals surface area contributed by atoms with E-state index in [1.165, 1.54) is 18.2 Å². The Morgan fingerprint density at radius 3 is 2.75 bits per heavy atom. The highest BCUT2D eigenvalue weighted by molar-refractivity contribution is 14.1. The smallest absolute Gasteiger partial charge is 0.363 e. The summed E-state index contributed by atoms with van der Waals surface area (Å²) in [5, 5.41) is 11.1. The quantitative estimate of drug-likeness (QED) is 0.103. The van der Waals surface area contributed by atoms with Crippen LogP contribution >= 0.6 is 34.2 Å². The first-order valence-corrected chi connectivity index (χ1v) is 10.9. The number of ether oxygens (including phenoxy) is 3. The van der Waals surface area contributed by atoms with Crippen LogP contribution in [0.2, 0.25) is 5.02 Å². The fourth-order valence-corrected chi connectivity index (χ4v) is 3.71. The number of carbonyl (C=O) groups excluding carboxylic acids is 1. The van der Waals surface area contributed by atoms with E-state index < -0.39 is 10.9 Å². The molecule has 0 spiro atoms. The van der Waals surface area contributed by atoms with E-state index in [4.69, 9.17) is 25.8 Å². The summed E-state index contributed by atoms with van der Waals surface area (Å²) in [4.78, 5) is 27.1. The van der Waals surface area contributed by atoms with Crippen LogP contribution in [0.3, 0.4) is 0 Å². The second kappa shape index (κ2) is 10.1. The maximum atomic E-state index is 12.4. The fourth-order valence-electron chi connectivity index (χ4n) is 2.75. The van der Waals surface area contributed by atoms with Crippen molar-refractivity contribution < 1.29 is 23.9 Å². The predicted octanol–water partition coefficient (Wildman–Crippen LogP) is 5.55. The minimum atomic E-state index is -0.673. The van der Waals surface area contributed by atoms with Crippen LogP contribution in [0.5, 0.6) is 11.5 Å². The van der Waals surface area contributed by atoms with Gasteiger partial charge in [-0.2, -0.15) is 0 Å². The van der Waals surface area contributed by atoms with Crippen molar-refractivity contribution in [2.45, 2.75) is 13.8 Å². The van der Waals surface area contributed by atoms with Gasteiger partial charge in [0.2, 0.25) is 5.90 Å². The first kappa shape index (κ1) is 23.7. The zero-order valence-electron chi connectivity index (χ0n) is 17.2. The standard InChI is InChI=1S/C22H18ClIN2O6/c1-4-30-19-9-13(7-16(24)20(19)31-11-12(2)3)8-17-22(27)32-21(25-17)14-5-6-15(23)18(10-14)26(28)29/h5-10H,2,4,11H2,1,3H3/b17-8-. The van der Waals surface area contributed by atoms with Crippen LogP contribution in [0, 0.1) is 13.7 Å². The van der Waals surface area contributed by atoms with Crippen molar-refractivity contribution in [1.82, 2.24) is 0 Å². The average Bonchev–Trinajstić information content (AvgIpc) is 3.07. The van der Waals surface area contributed by atoms with Crippen molar-refractivity contribution in [3.05, 3.63) is 78.0 Å². The third kappa shape index (κ3) is 5.46. The summed E-state index contributed by atoms with van der Waals surface area (Å²) >= 11 is 7.97. The number of hydrogen-bond acceptors (Lipinski definition) is 7. The highest BCUT2D eigenvalue weighted by atomic mass is 127. The van der Waals surface area contributed by atoms with Crippen LogP contribution in [0.15, 0.2) is 53.2 Å². The molecule has 10 heteroatoms. The van der Waals surface area contributed by atoms with Crippen LogP contribution < -0.4 is 9.47 Å². The normalized spacial score (nSPS) is 14.2. The largest absolute Gasteiger partial charge is 0.490 e. The molecule has 0 N–H and O–H groups in total. The van der Waals surface area contributed by atoms with Crippen molar-refractivity contribution >= 4 is 57.8 Å². The van der Waals surface area contributed by atoms with Gasteiger partial charge in [0.25, 0.3) is 5.69 Å². The zero-order valence-corrected chi connectivity index (χ0v) is 20.1. The number of nitro groups is 1. The molecule has 0 unspecified atom stereocenters. The molecule has 0 aromatic heterocycles. The average molecular weight is 569 g/mol. The van der Waals surface area contributed by atoms with Crippen LogP contribution in [0.1, 0.15) is 25.0 Å².